The van der Waals surface area contributed by atoms with Gasteiger partial charge in [-0.3, -0.25) is 9.36 Å². The standard InChI is InChI=1S/C18H27N3O3.C2H6/c1-13-7-6-8-14-15(13)19-17(20-18(2,3)4)21(16(14)22)9-10-24-12-11-23-5;1-2/h6-8H,9-12H2,1-5H3,(H,19,20);1-2H3. The van der Waals surface area contributed by atoms with Crippen molar-refractivity contribution in [1.82, 2.24) is 9.55 Å². The van der Waals surface area contributed by atoms with Gasteiger partial charge in [0.1, 0.15) is 0 Å². The minimum atomic E-state index is -0.200. The molecule has 0 saturated heterocycles. The van der Waals surface area contributed by atoms with Gasteiger partial charge in [0.25, 0.3) is 5.56 Å². The maximum absolute atomic E-state index is 12.9. The number of rotatable bonds is 7. The second kappa shape index (κ2) is 10.3. The van der Waals surface area contributed by atoms with E-state index < -0.39 is 0 Å². The summed E-state index contributed by atoms with van der Waals surface area (Å²) in [6.45, 7) is 14.0. The van der Waals surface area contributed by atoms with Crippen molar-refractivity contribution in [2.24, 2.45) is 0 Å². The molecule has 1 aromatic heterocycles. The molecule has 6 nitrogen and oxygen atoms in total. The first-order valence-corrected chi connectivity index (χ1v) is 9.18. The number of ether oxygens (including phenoxy) is 2. The average molecular weight is 364 g/mol. The first-order valence-electron chi connectivity index (χ1n) is 9.18. The normalized spacial score (nSPS) is 11.2. The van der Waals surface area contributed by atoms with E-state index in [1.807, 2.05) is 59.7 Å². The molecule has 1 aromatic carbocycles. The zero-order chi connectivity index (χ0) is 19.7. The number of hydrogen-bond acceptors (Lipinski definition) is 5. The third-order valence-corrected chi connectivity index (χ3v) is 3.56. The van der Waals surface area contributed by atoms with Crippen LogP contribution in [-0.4, -0.2) is 42.0 Å². The van der Waals surface area contributed by atoms with Gasteiger partial charge in [-0.1, -0.05) is 26.0 Å². The number of anilines is 1. The Morgan fingerprint density at radius 3 is 2.46 bits per heavy atom. The van der Waals surface area contributed by atoms with Gasteiger partial charge in [0.15, 0.2) is 0 Å². The van der Waals surface area contributed by atoms with Crippen molar-refractivity contribution in [3.05, 3.63) is 34.1 Å². The monoisotopic (exact) mass is 363 g/mol. The largest absolute Gasteiger partial charge is 0.382 e. The fraction of sp³-hybridized carbons (Fsp3) is 0.600. The molecular formula is C20H33N3O3. The van der Waals surface area contributed by atoms with Crippen LogP contribution in [0.1, 0.15) is 40.2 Å². The Morgan fingerprint density at radius 2 is 1.85 bits per heavy atom. The van der Waals surface area contributed by atoms with Gasteiger partial charge in [-0.15, -0.1) is 0 Å². The fourth-order valence-electron chi connectivity index (χ4n) is 2.43. The molecular weight excluding hydrogens is 330 g/mol. The van der Waals surface area contributed by atoms with Gasteiger partial charge in [-0.25, -0.2) is 4.98 Å². The molecule has 1 N–H and O–H groups in total. The van der Waals surface area contributed by atoms with Crippen molar-refractivity contribution in [3.63, 3.8) is 0 Å². The van der Waals surface area contributed by atoms with Crippen LogP contribution in [0.15, 0.2) is 23.0 Å². The summed E-state index contributed by atoms with van der Waals surface area (Å²) in [7, 11) is 1.63. The van der Waals surface area contributed by atoms with Crippen LogP contribution in [0, 0.1) is 6.92 Å². The van der Waals surface area contributed by atoms with Gasteiger partial charge in [-0.2, -0.15) is 0 Å². The van der Waals surface area contributed by atoms with Crippen LogP contribution in [0.3, 0.4) is 0 Å². The Morgan fingerprint density at radius 1 is 1.15 bits per heavy atom. The molecule has 0 saturated carbocycles. The van der Waals surface area contributed by atoms with Crippen LogP contribution < -0.4 is 10.9 Å². The summed E-state index contributed by atoms with van der Waals surface area (Å²) in [5.41, 5.74) is 1.48. The van der Waals surface area contributed by atoms with Crippen LogP contribution in [0.2, 0.25) is 0 Å². The van der Waals surface area contributed by atoms with E-state index >= 15 is 0 Å². The second-order valence-corrected chi connectivity index (χ2v) is 6.84. The van der Waals surface area contributed by atoms with Gasteiger partial charge in [-0.05, 0) is 39.3 Å². The van der Waals surface area contributed by atoms with Gasteiger partial charge < -0.3 is 14.8 Å². The molecule has 0 fully saturated rings. The van der Waals surface area contributed by atoms with Crippen molar-refractivity contribution in [1.29, 1.82) is 0 Å². The SMILES string of the molecule is CC.COCCOCCn1c(NC(C)(C)C)nc2c(C)cccc2c1=O. The number of nitrogens with one attached hydrogen (secondary N) is 1. The first kappa shape index (κ1) is 22.1. The molecule has 146 valence electrons. The van der Waals surface area contributed by atoms with Crippen LogP contribution >= 0.6 is 0 Å². The molecule has 2 rings (SSSR count). The first-order chi connectivity index (χ1) is 12.3. The zero-order valence-corrected chi connectivity index (χ0v) is 17.2. The Bertz CT molecular complexity index is 748. The molecule has 0 radical (unpaired) electrons. The molecule has 0 unspecified atom stereocenters. The highest BCUT2D eigenvalue weighted by Crippen LogP contribution is 2.18. The summed E-state index contributed by atoms with van der Waals surface area (Å²) in [5, 5.41) is 3.96. The molecule has 26 heavy (non-hydrogen) atoms. The van der Waals surface area contributed by atoms with Gasteiger partial charge in [0.2, 0.25) is 5.95 Å². The molecule has 2 aromatic rings. The number of aromatic nitrogens is 2. The smallest absolute Gasteiger partial charge is 0.262 e. The van der Waals surface area contributed by atoms with E-state index in [9.17, 15) is 4.79 Å². The van der Waals surface area contributed by atoms with Crippen LogP contribution in [0.5, 0.6) is 0 Å². The van der Waals surface area contributed by atoms with Crippen molar-refractivity contribution in [2.45, 2.75) is 53.6 Å². The molecule has 1 heterocycles. The number of para-hydroxylation sites is 1. The summed E-state index contributed by atoms with van der Waals surface area (Å²) in [4.78, 5) is 17.6. The lowest BCUT2D eigenvalue weighted by Gasteiger charge is -2.24. The maximum atomic E-state index is 12.9. The summed E-state index contributed by atoms with van der Waals surface area (Å²) < 4.78 is 12.1. The minimum Gasteiger partial charge on any atom is -0.382 e. The quantitative estimate of drug-likeness (QED) is 0.761. The van der Waals surface area contributed by atoms with E-state index in [0.717, 1.165) is 11.1 Å². The molecule has 0 aliphatic carbocycles. The van der Waals surface area contributed by atoms with Crippen molar-refractivity contribution < 1.29 is 9.47 Å². The highest BCUT2D eigenvalue weighted by molar-refractivity contribution is 5.81. The molecule has 0 amide bonds. The van der Waals surface area contributed by atoms with Crippen molar-refractivity contribution in [3.8, 4) is 0 Å². The molecule has 0 aliphatic rings. The van der Waals surface area contributed by atoms with E-state index in [0.29, 0.717) is 37.7 Å². The summed E-state index contributed by atoms with van der Waals surface area (Å²) in [6, 6.07) is 5.67. The average Bonchev–Trinajstić information content (AvgIpc) is 2.58. The summed E-state index contributed by atoms with van der Waals surface area (Å²) in [6.07, 6.45) is 0. The van der Waals surface area contributed by atoms with Crippen LogP contribution in [-0.2, 0) is 16.0 Å². The fourth-order valence-corrected chi connectivity index (χ4v) is 2.43. The van der Waals surface area contributed by atoms with Gasteiger partial charge in [0.05, 0.1) is 37.3 Å². The maximum Gasteiger partial charge on any atom is 0.262 e. The van der Waals surface area contributed by atoms with Gasteiger partial charge in [0, 0.05) is 12.6 Å². The lowest BCUT2D eigenvalue weighted by Crippen LogP contribution is -2.34. The number of aryl methyl sites for hydroxylation is 1. The molecule has 0 aliphatic heterocycles. The number of methoxy groups -OCH3 is 1. The molecule has 6 heteroatoms. The third-order valence-electron chi connectivity index (χ3n) is 3.56. The lowest BCUT2D eigenvalue weighted by molar-refractivity contribution is 0.0664. The number of hydrogen-bond donors (Lipinski definition) is 1. The lowest BCUT2D eigenvalue weighted by atomic mass is 10.1. The van der Waals surface area contributed by atoms with E-state index in [2.05, 4.69) is 5.32 Å². The Kier molecular flexibility index (Phi) is 8.75. The molecule has 0 atom stereocenters. The minimum absolute atomic E-state index is 0.0502. The molecule has 0 spiro atoms. The van der Waals surface area contributed by atoms with Crippen LogP contribution in [0.4, 0.5) is 5.95 Å². The predicted molar refractivity (Wildman–Crippen MR) is 108 cm³/mol. The van der Waals surface area contributed by atoms with E-state index in [4.69, 9.17) is 14.5 Å². The Hall–Kier alpha value is -1.92. The molecule has 0 bridgehead atoms. The topological polar surface area (TPSA) is 65.4 Å². The summed E-state index contributed by atoms with van der Waals surface area (Å²) in [5.74, 6) is 0.574. The van der Waals surface area contributed by atoms with E-state index in [1.165, 1.54) is 0 Å². The number of nitrogens with zero attached hydrogens (tertiary/aromatic N) is 2. The highest BCUT2D eigenvalue weighted by Gasteiger charge is 2.17. The van der Waals surface area contributed by atoms with Crippen molar-refractivity contribution in [2.75, 3.05) is 32.2 Å². The number of benzene rings is 1. The predicted octanol–water partition coefficient (Wildman–Crippen LogP) is 3.60. The summed E-state index contributed by atoms with van der Waals surface area (Å²) >= 11 is 0. The third kappa shape index (κ3) is 6.11. The number of fused-ring (bicyclic) bond motifs is 1. The Labute approximate surface area is 156 Å². The Balaban J connectivity index is 0.00000163. The van der Waals surface area contributed by atoms with E-state index in [-0.39, 0.29) is 11.1 Å². The second-order valence-electron chi connectivity index (χ2n) is 6.84. The van der Waals surface area contributed by atoms with Crippen molar-refractivity contribution >= 4 is 16.9 Å². The highest BCUT2D eigenvalue weighted by atomic mass is 16.5. The van der Waals surface area contributed by atoms with Gasteiger partial charge >= 0.3 is 0 Å². The zero-order valence-electron chi connectivity index (χ0n) is 17.2. The van der Waals surface area contributed by atoms with E-state index in [1.54, 1.807) is 11.7 Å². The van der Waals surface area contributed by atoms with Crippen LogP contribution in [0.25, 0.3) is 10.9 Å².